The first-order valence-corrected chi connectivity index (χ1v) is 4.58. The van der Waals surface area contributed by atoms with E-state index in [-0.39, 0.29) is 11.4 Å². The summed E-state index contributed by atoms with van der Waals surface area (Å²) in [5.74, 6) is -0.704. The number of aromatic hydroxyl groups is 1. The van der Waals surface area contributed by atoms with Crippen LogP contribution in [0.25, 0.3) is 11.3 Å². The van der Waals surface area contributed by atoms with Crippen LogP contribution in [0.1, 0.15) is 16.1 Å². The van der Waals surface area contributed by atoms with Crippen LogP contribution >= 0.6 is 0 Å². The third-order valence-corrected chi connectivity index (χ3v) is 2.22. The highest BCUT2D eigenvalue weighted by atomic mass is 16.5. The van der Waals surface area contributed by atoms with E-state index in [0.29, 0.717) is 11.3 Å². The number of rotatable bonds is 2. The number of aryl methyl sites for hydroxylation is 1. The van der Waals surface area contributed by atoms with E-state index in [1.54, 1.807) is 19.1 Å². The van der Waals surface area contributed by atoms with E-state index in [1.165, 1.54) is 12.1 Å². The molecule has 82 valence electrons. The Kier molecular flexibility index (Phi) is 2.36. The normalized spacial score (nSPS) is 10.3. The van der Waals surface area contributed by atoms with Gasteiger partial charge in [-0.1, -0.05) is 17.3 Å². The highest BCUT2D eigenvalue weighted by Gasteiger charge is 2.12. The minimum atomic E-state index is -1.15. The summed E-state index contributed by atoms with van der Waals surface area (Å²) < 4.78 is 4.86. The summed E-state index contributed by atoms with van der Waals surface area (Å²) in [5, 5.41) is 21.6. The van der Waals surface area contributed by atoms with Gasteiger partial charge in [0.05, 0.1) is 0 Å². The molecule has 2 rings (SSSR count). The molecule has 5 nitrogen and oxygen atoms in total. The summed E-state index contributed by atoms with van der Waals surface area (Å²) in [6, 6.07) is 6.25. The highest BCUT2D eigenvalue weighted by Crippen LogP contribution is 2.26. The molecule has 2 aromatic rings. The van der Waals surface area contributed by atoms with Gasteiger partial charge in [-0.25, -0.2) is 4.79 Å². The van der Waals surface area contributed by atoms with Crippen LogP contribution in [0.3, 0.4) is 0 Å². The molecule has 1 aromatic carbocycles. The Bertz CT molecular complexity index is 545. The number of hydrogen-bond acceptors (Lipinski definition) is 4. The highest BCUT2D eigenvalue weighted by molar-refractivity contribution is 5.86. The lowest BCUT2D eigenvalue weighted by Gasteiger charge is -1.99. The number of aromatic carboxylic acids is 1. The summed E-state index contributed by atoms with van der Waals surface area (Å²) in [7, 11) is 0. The van der Waals surface area contributed by atoms with Crippen molar-refractivity contribution in [2.45, 2.75) is 6.92 Å². The van der Waals surface area contributed by atoms with Crippen molar-refractivity contribution in [2.24, 2.45) is 0 Å². The van der Waals surface area contributed by atoms with Crippen LogP contribution in [0.5, 0.6) is 5.75 Å². The number of carbonyl (C=O) groups is 1. The van der Waals surface area contributed by atoms with Crippen molar-refractivity contribution in [3.8, 4) is 17.1 Å². The smallest absolute Gasteiger partial charge is 0.358 e. The third-order valence-electron chi connectivity index (χ3n) is 2.22. The predicted molar refractivity (Wildman–Crippen MR) is 55.3 cm³/mol. The Labute approximate surface area is 90.9 Å². The van der Waals surface area contributed by atoms with Gasteiger partial charge in [0.2, 0.25) is 0 Å². The Morgan fingerprint density at radius 1 is 1.38 bits per heavy atom. The van der Waals surface area contributed by atoms with Crippen molar-refractivity contribution < 1.29 is 19.5 Å². The summed E-state index contributed by atoms with van der Waals surface area (Å²) in [4.78, 5) is 10.6. The number of phenolic OH excluding ortho intramolecular Hbond substituents is 1. The fourth-order valence-electron chi connectivity index (χ4n) is 1.27. The van der Waals surface area contributed by atoms with Crippen molar-refractivity contribution in [3.63, 3.8) is 0 Å². The molecule has 0 aliphatic heterocycles. The van der Waals surface area contributed by atoms with E-state index in [1.807, 2.05) is 0 Å². The van der Waals surface area contributed by atoms with Gasteiger partial charge in [-0.05, 0) is 18.6 Å². The zero-order valence-corrected chi connectivity index (χ0v) is 8.47. The van der Waals surface area contributed by atoms with Gasteiger partial charge in [0.1, 0.15) is 5.75 Å². The molecular formula is C11H9NO4. The topological polar surface area (TPSA) is 83.6 Å². The van der Waals surface area contributed by atoms with Gasteiger partial charge in [0.15, 0.2) is 11.5 Å². The van der Waals surface area contributed by atoms with Gasteiger partial charge in [0.25, 0.3) is 0 Å². The summed E-state index contributed by atoms with van der Waals surface area (Å²) in [6.07, 6.45) is 0. The molecular weight excluding hydrogens is 210 g/mol. The number of aromatic nitrogens is 1. The second-order valence-corrected chi connectivity index (χ2v) is 3.38. The predicted octanol–water partition coefficient (Wildman–Crippen LogP) is 2.05. The van der Waals surface area contributed by atoms with E-state index < -0.39 is 5.97 Å². The zero-order valence-electron chi connectivity index (χ0n) is 8.47. The van der Waals surface area contributed by atoms with Crippen molar-refractivity contribution in [1.82, 2.24) is 5.16 Å². The van der Waals surface area contributed by atoms with Gasteiger partial charge in [-0.3, -0.25) is 0 Å². The minimum Gasteiger partial charge on any atom is -0.508 e. The van der Waals surface area contributed by atoms with Crippen LogP contribution in [0, 0.1) is 6.92 Å². The summed E-state index contributed by atoms with van der Waals surface area (Å²) in [6.45, 7) is 1.77. The number of nitrogens with zero attached hydrogens (tertiary/aromatic N) is 1. The molecule has 0 aliphatic rings. The average molecular weight is 219 g/mol. The molecule has 0 amide bonds. The molecule has 0 saturated carbocycles. The van der Waals surface area contributed by atoms with Gasteiger partial charge < -0.3 is 14.7 Å². The molecule has 16 heavy (non-hydrogen) atoms. The third kappa shape index (κ3) is 1.75. The lowest BCUT2D eigenvalue weighted by Crippen LogP contribution is -1.94. The second kappa shape index (κ2) is 3.69. The maximum atomic E-state index is 10.6. The van der Waals surface area contributed by atoms with Gasteiger partial charge in [0, 0.05) is 11.6 Å². The Balaban J connectivity index is 2.42. The Morgan fingerprint density at radius 3 is 2.69 bits per heavy atom. The van der Waals surface area contributed by atoms with E-state index in [9.17, 15) is 9.90 Å². The number of benzene rings is 1. The summed E-state index contributed by atoms with van der Waals surface area (Å²) in [5.41, 5.74) is 1.17. The van der Waals surface area contributed by atoms with E-state index >= 15 is 0 Å². The van der Waals surface area contributed by atoms with Crippen LogP contribution in [0.15, 0.2) is 28.8 Å². The minimum absolute atomic E-state index is 0.130. The maximum Gasteiger partial charge on any atom is 0.358 e. The van der Waals surface area contributed by atoms with Crippen LogP contribution in [-0.4, -0.2) is 21.3 Å². The molecule has 0 unspecified atom stereocenters. The van der Waals surface area contributed by atoms with Gasteiger partial charge in [-0.15, -0.1) is 0 Å². The number of carboxylic acids is 1. The molecule has 0 radical (unpaired) electrons. The second-order valence-electron chi connectivity index (χ2n) is 3.38. The largest absolute Gasteiger partial charge is 0.508 e. The number of carboxylic acid groups (broad SMARTS) is 1. The molecule has 0 saturated heterocycles. The van der Waals surface area contributed by atoms with Crippen LogP contribution < -0.4 is 0 Å². The number of hydrogen-bond donors (Lipinski definition) is 2. The van der Waals surface area contributed by atoms with Crippen molar-refractivity contribution >= 4 is 5.97 Å². The van der Waals surface area contributed by atoms with E-state index in [4.69, 9.17) is 9.63 Å². The van der Waals surface area contributed by atoms with Crippen molar-refractivity contribution in [2.75, 3.05) is 0 Å². The average Bonchev–Trinajstić information content (AvgIpc) is 2.71. The van der Waals surface area contributed by atoms with Crippen LogP contribution in [0.2, 0.25) is 0 Å². The van der Waals surface area contributed by atoms with Gasteiger partial charge >= 0.3 is 5.97 Å². The Morgan fingerprint density at radius 2 is 2.12 bits per heavy atom. The molecule has 0 bridgehead atoms. The van der Waals surface area contributed by atoms with Crippen LogP contribution in [0.4, 0.5) is 0 Å². The first-order chi connectivity index (χ1) is 7.58. The molecule has 1 heterocycles. The molecule has 5 heteroatoms. The zero-order chi connectivity index (χ0) is 11.7. The first kappa shape index (κ1) is 10.2. The Hall–Kier alpha value is -2.30. The fourth-order valence-corrected chi connectivity index (χ4v) is 1.27. The molecule has 0 atom stereocenters. The lowest BCUT2D eigenvalue weighted by molar-refractivity contribution is 0.0686. The number of phenols is 1. The van der Waals surface area contributed by atoms with E-state index in [2.05, 4.69) is 5.16 Å². The molecule has 0 spiro atoms. The molecule has 2 N–H and O–H groups in total. The lowest BCUT2D eigenvalue weighted by atomic mass is 10.1. The van der Waals surface area contributed by atoms with Crippen molar-refractivity contribution in [3.05, 3.63) is 35.5 Å². The van der Waals surface area contributed by atoms with Gasteiger partial charge in [-0.2, -0.15) is 0 Å². The first-order valence-electron chi connectivity index (χ1n) is 4.58. The SMILES string of the molecule is Cc1ccc(-c2cc(C(=O)O)no2)cc1O. The summed E-state index contributed by atoms with van der Waals surface area (Å²) >= 11 is 0. The molecule has 0 aliphatic carbocycles. The maximum absolute atomic E-state index is 10.6. The molecule has 1 aromatic heterocycles. The standard InChI is InChI=1S/C11H9NO4/c1-6-2-3-7(4-9(6)13)10-5-8(11(14)15)12-16-10/h2-5,13H,1H3,(H,14,15). The fraction of sp³-hybridized carbons (Fsp3) is 0.0909. The van der Waals surface area contributed by atoms with Crippen LogP contribution in [-0.2, 0) is 0 Å². The molecule has 0 fully saturated rings. The monoisotopic (exact) mass is 219 g/mol. The quantitative estimate of drug-likeness (QED) is 0.807. The van der Waals surface area contributed by atoms with Crippen molar-refractivity contribution in [1.29, 1.82) is 0 Å². The van der Waals surface area contributed by atoms with E-state index in [0.717, 1.165) is 5.56 Å².